The molecule has 0 unspecified atom stereocenters. The molecule has 0 atom stereocenters. The first kappa shape index (κ1) is 25.1. The molecular formula is C23H24Cl2Hf-2. The molecule has 1 aliphatic rings. The van der Waals surface area contributed by atoms with Crippen LogP contribution < -0.4 is 24.8 Å². The van der Waals surface area contributed by atoms with Crippen LogP contribution in [-0.4, -0.2) is 3.26 Å². The van der Waals surface area contributed by atoms with Crippen LogP contribution in [0, 0.1) is 6.07 Å². The number of benzene rings is 2. The predicted molar refractivity (Wildman–Crippen MR) is 101 cm³/mol. The van der Waals surface area contributed by atoms with Gasteiger partial charge in [-0.1, -0.05) is 48.7 Å². The molecule has 0 amide bonds. The number of hydrogen-bond donors (Lipinski definition) is 0. The second kappa shape index (κ2) is 13.3. The zero-order valence-electron chi connectivity index (χ0n) is 15.5. The van der Waals surface area contributed by atoms with Crippen LogP contribution in [0.4, 0.5) is 0 Å². The van der Waals surface area contributed by atoms with Crippen LogP contribution in [0.15, 0.2) is 66.7 Å². The number of rotatable bonds is 1. The number of aryl methyl sites for hydroxylation is 1. The fourth-order valence-electron chi connectivity index (χ4n) is 2.65. The quantitative estimate of drug-likeness (QED) is 0.228. The van der Waals surface area contributed by atoms with E-state index in [1.807, 2.05) is 6.07 Å². The molecule has 1 aliphatic carbocycles. The Morgan fingerprint density at radius 2 is 1.65 bits per heavy atom. The Morgan fingerprint density at radius 3 is 2.23 bits per heavy atom. The Bertz CT molecular complexity index is 729. The summed E-state index contributed by atoms with van der Waals surface area (Å²) in [6.07, 6.45) is 2.21. The van der Waals surface area contributed by atoms with E-state index < -0.39 is 0 Å². The third kappa shape index (κ3) is 7.78. The van der Waals surface area contributed by atoms with Crippen molar-refractivity contribution in [3.63, 3.8) is 0 Å². The molecule has 136 valence electrons. The summed E-state index contributed by atoms with van der Waals surface area (Å²) in [5.41, 5.74) is 6.94. The zero-order valence-corrected chi connectivity index (χ0v) is 20.6. The Balaban J connectivity index is 0.000000415. The standard InChI is InChI=1S/C13H9.C7H9.C3H6.2ClH.Hf/c1-3-7-12-10(5-1)9-11-6-2-4-8-13(11)12;1-2-7-5-3-4-6-7;1-3-2;;;/h1-5,7-8H,9H2;3-6H,2H2,1H3;1-2H3;2*1H;/q2*-1;;;;+2/p-2. The van der Waals surface area contributed by atoms with Gasteiger partial charge in [-0.15, -0.1) is 5.56 Å². The molecule has 0 aliphatic heterocycles. The SMILES string of the molecule is CCc1ccc[cH-]1.C[C](C)=[Hf+2].[Cl-].[Cl-].[c-]1cccc2c1Cc1ccccc1-2. The van der Waals surface area contributed by atoms with Gasteiger partial charge in [-0.05, 0) is 6.42 Å². The van der Waals surface area contributed by atoms with E-state index in [0.29, 0.717) is 0 Å². The molecule has 0 N–H and O–H groups in total. The van der Waals surface area contributed by atoms with Gasteiger partial charge in [0.05, 0.1) is 0 Å². The van der Waals surface area contributed by atoms with Crippen molar-refractivity contribution in [1.82, 2.24) is 0 Å². The smallest absolute Gasteiger partial charge is 0.0253 e. The van der Waals surface area contributed by atoms with Crippen molar-refractivity contribution >= 4 is 3.26 Å². The van der Waals surface area contributed by atoms with Crippen LogP contribution in [0.2, 0.25) is 0 Å². The van der Waals surface area contributed by atoms with Crippen LogP contribution in [0.1, 0.15) is 37.5 Å². The summed E-state index contributed by atoms with van der Waals surface area (Å²) in [6.45, 7) is 6.45. The van der Waals surface area contributed by atoms with Gasteiger partial charge in [-0.3, -0.25) is 0 Å². The van der Waals surface area contributed by atoms with E-state index in [2.05, 4.69) is 87.5 Å². The van der Waals surface area contributed by atoms with E-state index in [1.54, 1.807) is 3.26 Å². The van der Waals surface area contributed by atoms with Gasteiger partial charge >= 0.3 is 41.0 Å². The topological polar surface area (TPSA) is 0 Å². The minimum Gasteiger partial charge on any atom is -1.00 e. The molecule has 0 aromatic heterocycles. The first-order chi connectivity index (χ1) is 11.6. The van der Waals surface area contributed by atoms with Gasteiger partial charge in [0.2, 0.25) is 0 Å². The molecule has 0 heterocycles. The summed E-state index contributed by atoms with van der Waals surface area (Å²) in [5, 5.41) is 0. The molecule has 3 heteroatoms. The maximum atomic E-state index is 3.30. The number of halogens is 2. The molecule has 3 aromatic rings. The summed E-state index contributed by atoms with van der Waals surface area (Å²) in [5.74, 6) is 0. The average Bonchev–Trinajstić information content (AvgIpc) is 3.22. The molecule has 26 heavy (non-hydrogen) atoms. The van der Waals surface area contributed by atoms with E-state index in [-0.39, 0.29) is 24.8 Å². The van der Waals surface area contributed by atoms with Gasteiger partial charge in [-0.25, -0.2) is 12.1 Å². The maximum absolute atomic E-state index is 3.30. The second-order valence-corrected chi connectivity index (χ2v) is 9.64. The summed E-state index contributed by atoms with van der Waals surface area (Å²) >= 11 is 1.27. The average molecular weight is 550 g/mol. The minimum atomic E-state index is 0. The summed E-state index contributed by atoms with van der Waals surface area (Å²) in [7, 11) is 0. The van der Waals surface area contributed by atoms with E-state index in [4.69, 9.17) is 0 Å². The molecule has 0 saturated heterocycles. The second-order valence-electron chi connectivity index (χ2n) is 6.04. The minimum absolute atomic E-state index is 0. The van der Waals surface area contributed by atoms with Gasteiger partial charge in [0.25, 0.3) is 0 Å². The van der Waals surface area contributed by atoms with Crippen molar-refractivity contribution in [2.75, 3.05) is 0 Å². The van der Waals surface area contributed by atoms with Crippen molar-refractivity contribution in [2.45, 2.75) is 33.6 Å². The Kier molecular flexibility index (Phi) is 12.8. The van der Waals surface area contributed by atoms with Gasteiger partial charge in [0.1, 0.15) is 0 Å². The van der Waals surface area contributed by atoms with Crippen molar-refractivity contribution in [2.24, 2.45) is 0 Å². The normalized spacial score (nSPS) is 9.73. The Labute approximate surface area is 185 Å². The van der Waals surface area contributed by atoms with E-state index in [1.165, 1.54) is 51.7 Å². The maximum Gasteiger partial charge on any atom is -0.0253 e. The van der Waals surface area contributed by atoms with Crippen LogP contribution in [0.3, 0.4) is 0 Å². The fraction of sp³-hybridized carbons (Fsp3) is 0.217. The van der Waals surface area contributed by atoms with Crippen molar-refractivity contribution in [1.29, 1.82) is 0 Å². The van der Waals surface area contributed by atoms with Crippen LogP contribution in [-0.2, 0) is 36.7 Å². The zero-order chi connectivity index (χ0) is 17.4. The Morgan fingerprint density at radius 1 is 1.00 bits per heavy atom. The summed E-state index contributed by atoms with van der Waals surface area (Å²) in [6, 6.07) is 26.5. The van der Waals surface area contributed by atoms with Crippen molar-refractivity contribution in [3.05, 3.63) is 89.5 Å². The molecule has 3 aromatic carbocycles. The first-order valence-electron chi connectivity index (χ1n) is 8.42. The van der Waals surface area contributed by atoms with Gasteiger partial charge in [0.15, 0.2) is 0 Å². The third-order valence-corrected chi connectivity index (χ3v) is 3.76. The molecule has 0 spiro atoms. The fourth-order valence-corrected chi connectivity index (χ4v) is 2.65. The Hall–Kier alpha value is -0.890. The number of hydrogen-bond acceptors (Lipinski definition) is 0. The predicted octanol–water partition coefficient (Wildman–Crippen LogP) is -0.221. The van der Waals surface area contributed by atoms with Gasteiger partial charge < -0.3 is 24.8 Å². The molecule has 4 rings (SSSR count). The molecule has 0 nitrogen and oxygen atoms in total. The first-order valence-corrected chi connectivity index (χ1v) is 10.2. The van der Waals surface area contributed by atoms with E-state index >= 15 is 0 Å². The van der Waals surface area contributed by atoms with Crippen molar-refractivity contribution in [3.8, 4) is 11.1 Å². The molecule has 0 radical (unpaired) electrons. The largest absolute Gasteiger partial charge is 1.00 e. The molecule has 0 fully saturated rings. The van der Waals surface area contributed by atoms with Gasteiger partial charge in [-0.2, -0.15) is 47.5 Å². The van der Waals surface area contributed by atoms with Crippen LogP contribution >= 0.6 is 0 Å². The monoisotopic (exact) mass is 550 g/mol. The van der Waals surface area contributed by atoms with E-state index in [9.17, 15) is 0 Å². The number of fused-ring (bicyclic) bond motifs is 3. The molecule has 0 saturated carbocycles. The van der Waals surface area contributed by atoms with Crippen LogP contribution in [0.5, 0.6) is 0 Å². The molecule has 0 bridgehead atoms. The molecular weight excluding hydrogens is 526 g/mol. The van der Waals surface area contributed by atoms with Crippen LogP contribution in [0.25, 0.3) is 11.1 Å². The van der Waals surface area contributed by atoms with E-state index in [0.717, 1.165) is 12.8 Å². The third-order valence-electron chi connectivity index (χ3n) is 3.76. The summed E-state index contributed by atoms with van der Waals surface area (Å²) in [4.78, 5) is 0. The van der Waals surface area contributed by atoms with Crippen molar-refractivity contribution < 1.29 is 48.7 Å². The summed E-state index contributed by atoms with van der Waals surface area (Å²) < 4.78 is 1.56. The van der Waals surface area contributed by atoms with Gasteiger partial charge in [0, 0.05) is 0 Å².